The van der Waals surface area contributed by atoms with Gasteiger partial charge in [0.2, 0.25) is 65.0 Å². The molecular weight excluding hydrogens is 1660 g/mol. The number of rotatable bonds is 67. The number of carbonyl (C=O) groups is 12. The van der Waals surface area contributed by atoms with Crippen molar-refractivity contribution in [2.75, 3.05) is 105 Å². The van der Waals surface area contributed by atoms with Gasteiger partial charge >= 0.3 is 0 Å². The second-order valence-corrected chi connectivity index (χ2v) is 36.6. The SMILES string of the molecule is CCN[C@@H](Cc1ccccc1)CN(CC(=O)N[C@@H](Cc1ccccc1)CN(CC(=O)N[C@@H](Cc1ccccc1)CN(CC(=O)N[C@@H](CCCCN)CN(CC(=O)N[C@@H](CCCCN)CN(CC(=O)N[C@@H](CCCCN)CN(CC(C)=O)C(=O)CCc1ccccc1)C(=O)CCc1ccccc1)C(=O)CCc1ccccc1)C(=O)CCC(C)C)C(=O)CCC(C)C)C(=O)CCC(C)C. The fraction of sp³-hybridized carbons (Fsp3) is 0.543. The minimum atomic E-state index is -0.832. The van der Waals surface area contributed by atoms with E-state index in [2.05, 4.69) is 45.7 Å². The van der Waals surface area contributed by atoms with Crippen molar-refractivity contribution in [3.63, 3.8) is 0 Å². The highest BCUT2D eigenvalue weighted by Gasteiger charge is 2.33. The van der Waals surface area contributed by atoms with E-state index in [1.165, 1.54) is 31.4 Å². The van der Waals surface area contributed by atoms with E-state index < -0.39 is 85.9 Å². The van der Waals surface area contributed by atoms with Gasteiger partial charge in [-0.3, -0.25) is 57.5 Å². The van der Waals surface area contributed by atoms with E-state index in [9.17, 15) is 38.4 Å². The first-order chi connectivity index (χ1) is 63.6. The van der Waals surface area contributed by atoms with Crippen molar-refractivity contribution in [3.8, 4) is 0 Å². The zero-order chi connectivity index (χ0) is 95.8. The van der Waals surface area contributed by atoms with Crippen molar-refractivity contribution in [3.05, 3.63) is 215 Å². The molecule has 0 bridgehead atoms. The summed E-state index contributed by atoms with van der Waals surface area (Å²) in [6, 6.07) is 53.5. The normalized spacial score (nSPS) is 12.6. The maximum absolute atomic E-state index is 15.2. The van der Waals surface area contributed by atoms with Gasteiger partial charge in [0.15, 0.2) is 0 Å². The molecule has 27 heteroatoms. The number of likely N-dealkylation sites (N-methyl/N-ethyl adjacent to an activating group) is 1. The molecule has 6 aromatic rings. The summed E-state index contributed by atoms with van der Waals surface area (Å²) in [7, 11) is 0. The molecule has 0 aliphatic rings. The Morgan fingerprint density at radius 3 is 0.712 bits per heavy atom. The van der Waals surface area contributed by atoms with Crippen LogP contribution < -0.4 is 49.1 Å². The zero-order valence-electron chi connectivity index (χ0n) is 80.1. The molecule has 0 unspecified atom stereocenters. The molecule has 0 saturated heterocycles. The summed E-state index contributed by atoms with van der Waals surface area (Å²) in [6.07, 6.45) is 8.86. The van der Waals surface area contributed by atoms with Gasteiger partial charge in [0.25, 0.3) is 0 Å². The Morgan fingerprint density at radius 2 is 0.477 bits per heavy atom. The van der Waals surface area contributed by atoms with Gasteiger partial charge in [0.05, 0.1) is 51.4 Å². The summed E-state index contributed by atoms with van der Waals surface area (Å²) in [6.45, 7) is 14.9. The second-order valence-electron chi connectivity index (χ2n) is 36.6. The predicted molar refractivity (Wildman–Crippen MR) is 523 cm³/mol. The highest BCUT2D eigenvalue weighted by molar-refractivity contribution is 5.90. The van der Waals surface area contributed by atoms with Crippen LogP contribution in [0.25, 0.3) is 0 Å². The van der Waals surface area contributed by atoms with Gasteiger partial charge in [-0.25, -0.2) is 0 Å². The lowest BCUT2D eigenvalue weighted by atomic mass is 10.0. The van der Waals surface area contributed by atoms with E-state index in [0.717, 1.165) is 33.4 Å². The number of ketones is 1. The van der Waals surface area contributed by atoms with E-state index in [-0.39, 0.29) is 169 Å². The Balaban J connectivity index is 1.30. The molecule has 6 atom stereocenters. The van der Waals surface area contributed by atoms with Gasteiger partial charge in [-0.2, -0.15) is 0 Å². The van der Waals surface area contributed by atoms with Gasteiger partial charge in [-0.05, 0) is 181 Å². The van der Waals surface area contributed by atoms with Crippen molar-refractivity contribution in [1.29, 1.82) is 0 Å². The van der Waals surface area contributed by atoms with Gasteiger partial charge in [-0.1, -0.05) is 250 Å². The molecular formula is C105H155N15O12. The molecule has 6 rings (SSSR count). The van der Waals surface area contributed by atoms with Crippen molar-refractivity contribution < 1.29 is 57.5 Å². The summed E-state index contributed by atoms with van der Waals surface area (Å²) >= 11 is 0. The van der Waals surface area contributed by atoms with Crippen molar-refractivity contribution >= 4 is 70.8 Å². The standard InChI is InChI=1S/C105H155N15O12/c1-9-109-92(64-86-40-22-13-23-41-86)71-118(100(127)55-49-79(2)3)77-98(125)113-94(66-88-44-26-15-27-45-88)73-120(102(129)57-51-81(6)7)78-99(126)114-93(65-87-42-24-14-25-43-87)72-119(101(128)56-50-80(4)5)76-97(124)112-91(48-30-33-63-108)70-117(105(132)60-54-85-38-20-12-21-39-85)75-96(123)111-90(47-29-32-62-107)69-116(104(131)59-53-84-36-18-11-19-37-84)74-95(122)110-89(46-28-31-61-106)68-115(67-82(8)121)103(130)58-52-83-34-16-10-17-35-83/h10-27,34-45,79-81,89-94,109H,9,28-33,46-78,106-108H2,1-8H3,(H,110,122)(H,111,123)(H,112,124)(H,113,125)(H,114,126)/t89-,90-,91-,92-,93-,94-/m0/s1. The van der Waals surface area contributed by atoms with Crippen LogP contribution in [-0.2, 0) is 96.1 Å². The molecule has 0 fully saturated rings. The molecule has 0 radical (unpaired) electrons. The number of nitrogens with two attached hydrogens (primary N) is 3. The van der Waals surface area contributed by atoms with Crippen LogP contribution in [-0.4, -0.2) is 241 Å². The lowest BCUT2D eigenvalue weighted by molar-refractivity contribution is -0.139. The number of carbonyl (C=O) groups excluding carboxylic acids is 12. The maximum atomic E-state index is 15.2. The number of hydrogen-bond acceptors (Lipinski definition) is 16. The maximum Gasteiger partial charge on any atom is 0.239 e. The fourth-order valence-corrected chi connectivity index (χ4v) is 16.2. The van der Waals surface area contributed by atoms with E-state index in [0.29, 0.717) is 129 Å². The van der Waals surface area contributed by atoms with Crippen LogP contribution >= 0.6 is 0 Å². The summed E-state index contributed by atoms with van der Waals surface area (Å²) in [5.41, 5.74) is 23.7. The highest BCUT2D eigenvalue weighted by Crippen LogP contribution is 2.20. The average molecular weight is 1820 g/mol. The van der Waals surface area contributed by atoms with Crippen molar-refractivity contribution in [1.82, 2.24) is 61.3 Å². The highest BCUT2D eigenvalue weighted by atomic mass is 16.2. The van der Waals surface area contributed by atoms with Gasteiger partial charge in [0, 0.05) is 102 Å². The largest absolute Gasteiger partial charge is 0.350 e. The first kappa shape index (κ1) is 110. The number of unbranched alkanes of at least 4 members (excludes halogenated alkanes) is 3. The number of aryl methyl sites for hydroxylation is 3. The van der Waals surface area contributed by atoms with Gasteiger partial charge in [-0.15, -0.1) is 0 Å². The van der Waals surface area contributed by atoms with E-state index >= 15 is 19.2 Å². The smallest absolute Gasteiger partial charge is 0.239 e. The Kier molecular flexibility index (Phi) is 52.5. The third-order valence-electron chi connectivity index (χ3n) is 23.4. The molecule has 0 aliphatic heterocycles. The molecule has 0 aliphatic carbocycles. The van der Waals surface area contributed by atoms with Crippen LogP contribution in [0.4, 0.5) is 0 Å². The van der Waals surface area contributed by atoms with E-state index in [1.54, 1.807) is 4.90 Å². The molecule has 0 heterocycles. The van der Waals surface area contributed by atoms with Crippen LogP contribution in [0.5, 0.6) is 0 Å². The van der Waals surface area contributed by atoms with E-state index in [1.807, 2.05) is 217 Å². The third kappa shape index (κ3) is 46.4. The van der Waals surface area contributed by atoms with Crippen LogP contribution in [0.1, 0.15) is 204 Å². The fourth-order valence-electron chi connectivity index (χ4n) is 16.2. The van der Waals surface area contributed by atoms with Crippen molar-refractivity contribution in [2.24, 2.45) is 35.0 Å². The zero-order valence-corrected chi connectivity index (χ0v) is 80.1. The Hall–Kier alpha value is -11.0. The van der Waals surface area contributed by atoms with Gasteiger partial charge < -0.3 is 78.5 Å². The number of amides is 11. The van der Waals surface area contributed by atoms with Crippen LogP contribution in [0.2, 0.25) is 0 Å². The van der Waals surface area contributed by atoms with Crippen LogP contribution in [0, 0.1) is 17.8 Å². The quantitative estimate of drug-likeness (QED) is 0.0160. The minimum absolute atomic E-state index is 0.0154. The monoisotopic (exact) mass is 1820 g/mol. The molecule has 11 amide bonds. The first-order valence-electron chi connectivity index (χ1n) is 48.3. The van der Waals surface area contributed by atoms with Crippen molar-refractivity contribution in [2.45, 2.75) is 246 Å². The summed E-state index contributed by atoms with van der Waals surface area (Å²) in [5, 5.41) is 19.4. The van der Waals surface area contributed by atoms with Gasteiger partial charge in [0.1, 0.15) is 5.78 Å². The molecule has 722 valence electrons. The number of Topliss-reactive ketones (excluding diaryl/α,β-unsaturated/α-hetero) is 1. The molecule has 0 spiro atoms. The lowest BCUT2D eigenvalue weighted by Crippen LogP contribution is -2.55. The second kappa shape index (κ2) is 63.2. The summed E-state index contributed by atoms with van der Waals surface area (Å²) < 4.78 is 0. The Bertz CT molecular complexity index is 4360. The minimum Gasteiger partial charge on any atom is -0.350 e. The Morgan fingerprint density at radius 1 is 0.265 bits per heavy atom. The molecule has 6 aromatic carbocycles. The number of hydrogen-bond donors (Lipinski definition) is 9. The number of nitrogens with one attached hydrogen (secondary N) is 6. The molecule has 0 saturated carbocycles. The topological polar surface area (TPSA) is 375 Å². The number of benzene rings is 6. The molecule has 12 N–H and O–H groups in total. The molecule has 0 aromatic heterocycles. The summed E-state index contributed by atoms with van der Waals surface area (Å²) in [5.74, 6) is -4.18. The van der Waals surface area contributed by atoms with Crippen LogP contribution in [0.15, 0.2) is 182 Å². The first-order valence-corrected chi connectivity index (χ1v) is 48.3. The van der Waals surface area contributed by atoms with E-state index in [4.69, 9.17) is 17.2 Å². The summed E-state index contributed by atoms with van der Waals surface area (Å²) in [4.78, 5) is 185. The number of nitrogens with zero attached hydrogens (tertiary/aromatic N) is 6. The lowest BCUT2D eigenvalue weighted by Gasteiger charge is -2.33. The average Bonchev–Trinajstić information content (AvgIpc) is 0.863. The molecule has 132 heavy (non-hydrogen) atoms. The Labute approximate surface area is 786 Å². The third-order valence-corrected chi connectivity index (χ3v) is 23.4. The molecule has 27 nitrogen and oxygen atoms in total. The van der Waals surface area contributed by atoms with Crippen LogP contribution in [0.3, 0.4) is 0 Å². The predicted octanol–water partition coefficient (Wildman–Crippen LogP) is 10.3.